The van der Waals surface area contributed by atoms with Crippen LogP contribution in [-0.2, 0) is 4.79 Å². The van der Waals surface area contributed by atoms with E-state index < -0.39 is 0 Å². The summed E-state index contributed by atoms with van der Waals surface area (Å²) >= 11 is 0. The van der Waals surface area contributed by atoms with Crippen LogP contribution in [0.25, 0.3) is 22.2 Å². The monoisotopic (exact) mass is 407 g/mol. The van der Waals surface area contributed by atoms with Crippen LogP contribution in [-0.4, -0.2) is 33.6 Å². The minimum atomic E-state index is 0.162. The van der Waals surface area contributed by atoms with Gasteiger partial charge in [-0.05, 0) is 49.8 Å². The van der Waals surface area contributed by atoms with Crippen LogP contribution < -0.4 is 15.8 Å². The number of methoxy groups -OCH3 is 1. The third-order valence-corrected chi connectivity index (χ3v) is 5.97. The van der Waals surface area contributed by atoms with Gasteiger partial charge in [0.1, 0.15) is 23.5 Å². The lowest BCUT2D eigenvalue weighted by molar-refractivity contribution is -0.122. The molecule has 0 unspecified atom stereocenters. The molecule has 1 aliphatic carbocycles. The van der Waals surface area contributed by atoms with Crippen molar-refractivity contribution in [3.63, 3.8) is 0 Å². The fourth-order valence-corrected chi connectivity index (χ4v) is 4.40. The van der Waals surface area contributed by atoms with E-state index in [1.807, 2.05) is 31.2 Å². The van der Waals surface area contributed by atoms with Crippen molar-refractivity contribution in [3.05, 3.63) is 36.8 Å². The molecule has 30 heavy (non-hydrogen) atoms. The molecule has 0 aliphatic heterocycles. The van der Waals surface area contributed by atoms with Crippen molar-refractivity contribution in [2.45, 2.75) is 57.5 Å². The van der Waals surface area contributed by atoms with Crippen molar-refractivity contribution < 1.29 is 9.53 Å². The zero-order valence-corrected chi connectivity index (χ0v) is 17.6. The maximum absolute atomic E-state index is 11.9. The van der Waals surface area contributed by atoms with E-state index in [1.165, 1.54) is 6.33 Å². The molecular formula is C23H29N5O2. The third kappa shape index (κ3) is 3.97. The third-order valence-electron chi connectivity index (χ3n) is 5.97. The molecule has 0 bridgehead atoms. The lowest BCUT2D eigenvalue weighted by Crippen LogP contribution is -2.37. The van der Waals surface area contributed by atoms with Gasteiger partial charge in [0, 0.05) is 30.3 Å². The minimum Gasteiger partial charge on any atom is -0.497 e. The molecule has 1 aliphatic rings. The molecule has 0 atom stereocenters. The summed E-state index contributed by atoms with van der Waals surface area (Å²) in [5, 5.41) is 4.06. The Morgan fingerprint density at radius 3 is 2.60 bits per heavy atom. The average Bonchev–Trinajstić information content (AvgIpc) is 3.15. The molecular weight excluding hydrogens is 378 g/mol. The fraction of sp³-hybridized carbons (Fsp3) is 0.435. The second-order valence-electron chi connectivity index (χ2n) is 7.96. The number of nitrogens with one attached hydrogen (secondary N) is 1. The number of hydrogen-bond donors (Lipinski definition) is 2. The Morgan fingerprint density at radius 2 is 1.93 bits per heavy atom. The van der Waals surface area contributed by atoms with Gasteiger partial charge in [0.15, 0.2) is 0 Å². The largest absolute Gasteiger partial charge is 0.497 e. The first kappa shape index (κ1) is 20.2. The van der Waals surface area contributed by atoms with Crippen LogP contribution in [0.5, 0.6) is 5.75 Å². The van der Waals surface area contributed by atoms with E-state index in [0.717, 1.165) is 60.0 Å². The molecule has 1 fully saturated rings. The lowest BCUT2D eigenvalue weighted by atomic mass is 9.91. The Balaban J connectivity index is 1.61. The van der Waals surface area contributed by atoms with E-state index in [9.17, 15) is 4.79 Å². The number of nitrogen functional groups attached to an aromatic ring is 1. The summed E-state index contributed by atoms with van der Waals surface area (Å²) in [5.74, 6) is 1.47. The number of hydrogen-bond acceptors (Lipinski definition) is 5. The number of fused-ring (bicyclic) bond motifs is 1. The molecule has 3 aromatic rings. The molecule has 7 nitrogen and oxygen atoms in total. The number of amides is 1. The van der Waals surface area contributed by atoms with Gasteiger partial charge in [0.2, 0.25) is 5.91 Å². The number of anilines is 1. The fourth-order valence-electron chi connectivity index (χ4n) is 4.40. The first-order valence-electron chi connectivity index (χ1n) is 10.7. The zero-order chi connectivity index (χ0) is 21.1. The molecule has 0 radical (unpaired) electrons. The van der Waals surface area contributed by atoms with Crippen molar-refractivity contribution in [2.75, 3.05) is 12.8 Å². The van der Waals surface area contributed by atoms with Crippen molar-refractivity contribution in [2.24, 2.45) is 0 Å². The molecule has 1 amide bonds. The van der Waals surface area contributed by atoms with E-state index in [2.05, 4.69) is 26.0 Å². The molecule has 0 saturated heterocycles. The van der Waals surface area contributed by atoms with E-state index in [0.29, 0.717) is 18.3 Å². The molecule has 2 heterocycles. The Bertz CT molecular complexity index is 1020. The van der Waals surface area contributed by atoms with Gasteiger partial charge in [-0.15, -0.1) is 0 Å². The Hall–Kier alpha value is -3.09. The maximum Gasteiger partial charge on any atom is 0.220 e. The normalized spacial score (nSPS) is 19.0. The SMILES string of the molecule is CCCC(=O)NC1CCC(n2cc(-c3ccc(OC)cc3)c3c(N)ncnc32)CC1. The second kappa shape index (κ2) is 8.73. The molecule has 1 aromatic carbocycles. The molecule has 0 spiro atoms. The summed E-state index contributed by atoms with van der Waals surface area (Å²) in [6, 6.07) is 8.55. The Kier molecular flexibility index (Phi) is 5.88. The predicted molar refractivity (Wildman–Crippen MR) is 118 cm³/mol. The van der Waals surface area contributed by atoms with Gasteiger partial charge >= 0.3 is 0 Å². The summed E-state index contributed by atoms with van der Waals surface area (Å²) < 4.78 is 7.53. The number of carbonyl (C=O) groups excluding carboxylic acids is 1. The average molecular weight is 408 g/mol. The van der Waals surface area contributed by atoms with Crippen LogP contribution in [0.15, 0.2) is 36.8 Å². The van der Waals surface area contributed by atoms with Gasteiger partial charge in [-0.2, -0.15) is 0 Å². The molecule has 3 N–H and O–H groups in total. The number of nitrogens with two attached hydrogens (primary N) is 1. The summed E-state index contributed by atoms with van der Waals surface area (Å²) in [5.41, 5.74) is 9.22. The topological polar surface area (TPSA) is 95.1 Å². The summed E-state index contributed by atoms with van der Waals surface area (Å²) in [7, 11) is 1.66. The van der Waals surface area contributed by atoms with Crippen molar-refractivity contribution in [1.29, 1.82) is 0 Å². The highest BCUT2D eigenvalue weighted by molar-refractivity contribution is 6.00. The first-order chi connectivity index (χ1) is 14.6. The summed E-state index contributed by atoms with van der Waals surface area (Å²) in [6.07, 6.45) is 9.09. The van der Waals surface area contributed by atoms with E-state index in [1.54, 1.807) is 7.11 Å². The predicted octanol–water partition coefficient (Wildman–Crippen LogP) is 4.09. The quantitative estimate of drug-likeness (QED) is 0.642. The minimum absolute atomic E-state index is 0.162. The highest BCUT2D eigenvalue weighted by Gasteiger charge is 2.26. The van der Waals surface area contributed by atoms with E-state index in [-0.39, 0.29) is 11.9 Å². The Labute approximate surface area is 176 Å². The number of aromatic nitrogens is 3. The second-order valence-corrected chi connectivity index (χ2v) is 7.96. The van der Waals surface area contributed by atoms with Crippen molar-refractivity contribution in [1.82, 2.24) is 19.9 Å². The number of benzene rings is 1. The molecule has 2 aromatic heterocycles. The Morgan fingerprint density at radius 1 is 1.20 bits per heavy atom. The summed E-state index contributed by atoms with van der Waals surface area (Å²) in [6.45, 7) is 2.03. The first-order valence-corrected chi connectivity index (χ1v) is 10.7. The number of carbonyl (C=O) groups is 1. The van der Waals surface area contributed by atoms with E-state index >= 15 is 0 Å². The molecule has 158 valence electrons. The van der Waals surface area contributed by atoms with Gasteiger partial charge in [-0.1, -0.05) is 19.1 Å². The summed E-state index contributed by atoms with van der Waals surface area (Å²) in [4.78, 5) is 20.7. The smallest absolute Gasteiger partial charge is 0.220 e. The standard InChI is InChI=1S/C23H29N5O2/c1-3-4-20(29)27-16-7-9-17(10-8-16)28-13-19(15-5-11-18(30-2)12-6-15)21-22(24)25-14-26-23(21)28/h5-6,11-14,16-17H,3-4,7-10H2,1-2H3,(H,27,29)(H2,24,25,26). The highest BCUT2D eigenvalue weighted by atomic mass is 16.5. The number of ether oxygens (including phenoxy) is 1. The molecule has 7 heteroatoms. The highest BCUT2D eigenvalue weighted by Crippen LogP contribution is 2.38. The maximum atomic E-state index is 11.9. The molecule has 4 rings (SSSR count). The van der Waals surface area contributed by atoms with Crippen molar-refractivity contribution >= 4 is 22.8 Å². The van der Waals surface area contributed by atoms with Crippen LogP contribution in [0.2, 0.25) is 0 Å². The van der Waals surface area contributed by atoms with E-state index in [4.69, 9.17) is 10.5 Å². The number of nitrogens with zero attached hydrogens (tertiary/aromatic N) is 3. The van der Waals surface area contributed by atoms with Crippen molar-refractivity contribution in [3.8, 4) is 16.9 Å². The number of rotatable bonds is 6. The molecule has 1 saturated carbocycles. The van der Waals surface area contributed by atoms with Gasteiger partial charge in [-0.3, -0.25) is 4.79 Å². The van der Waals surface area contributed by atoms with Crippen LogP contribution in [0, 0.1) is 0 Å². The van der Waals surface area contributed by atoms with Crippen LogP contribution >= 0.6 is 0 Å². The van der Waals surface area contributed by atoms with Gasteiger partial charge in [0.05, 0.1) is 12.5 Å². The van der Waals surface area contributed by atoms with Gasteiger partial charge in [-0.25, -0.2) is 9.97 Å². The van der Waals surface area contributed by atoms with Gasteiger partial charge < -0.3 is 20.4 Å². The van der Waals surface area contributed by atoms with Crippen LogP contribution in [0.4, 0.5) is 5.82 Å². The zero-order valence-electron chi connectivity index (χ0n) is 17.6. The van der Waals surface area contributed by atoms with Crippen LogP contribution in [0.3, 0.4) is 0 Å². The van der Waals surface area contributed by atoms with Gasteiger partial charge in [0.25, 0.3) is 0 Å². The lowest BCUT2D eigenvalue weighted by Gasteiger charge is -2.30. The van der Waals surface area contributed by atoms with Crippen LogP contribution in [0.1, 0.15) is 51.5 Å².